The van der Waals surface area contributed by atoms with Gasteiger partial charge in [0.25, 0.3) is 5.91 Å². The lowest BCUT2D eigenvalue weighted by Gasteiger charge is -2.20. The molecule has 0 heterocycles. The van der Waals surface area contributed by atoms with E-state index in [2.05, 4.69) is 0 Å². The molecule has 0 saturated heterocycles. The molecule has 0 aromatic heterocycles. The second-order valence-electron chi connectivity index (χ2n) is 6.15. The number of nitrogens with zero attached hydrogens (tertiary/aromatic N) is 1. The zero-order valence-electron chi connectivity index (χ0n) is 15.5. The van der Waals surface area contributed by atoms with Crippen molar-refractivity contribution in [2.75, 3.05) is 26.8 Å². The van der Waals surface area contributed by atoms with E-state index in [0.717, 1.165) is 16.9 Å². The van der Waals surface area contributed by atoms with Gasteiger partial charge in [-0.05, 0) is 56.2 Å². The monoisotopic (exact) mass is 341 g/mol. The van der Waals surface area contributed by atoms with Gasteiger partial charge in [-0.15, -0.1) is 0 Å². The quantitative estimate of drug-likeness (QED) is 0.720. The Kier molecular flexibility index (Phi) is 7.02. The number of carbonyl (C=O) groups excluding carboxylic acids is 1. The van der Waals surface area contributed by atoms with Crippen molar-refractivity contribution in [3.05, 3.63) is 54.1 Å². The highest BCUT2D eigenvalue weighted by Crippen LogP contribution is 2.25. The van der Waals surface area contributed by atoms with Crippen molar-refractivity contribution >= 4 is 5.91 Å². The molecule has 2 rings (SSSR count). The molecule has 134 valence electrons. The SMILES string of the molecule is CCN(CCOC)C(=O)c1ccc(-c2cccc(OC(C)C)c2)cc1. The molecule has 0 aliphatic rings. The zero-order valence-corrected chi connectivity index (χ0v) is 15.5. The van der Waals surface area contributed by atoms with Crippen LogP contribution in [0.25, 0.3) is 11.1 Å². The summed E-state index contributed by atoms with van der Waals surface area (Å²) in [5.41, 5.74) is 2.82. The first-order valence-electron chi connectivity index (χ1n) is 8.70. The fourth-order valence-electron chi connectivity index (χ4n) is 2.61. The Morgan fingerprint density at radius 3 is 2.40 bits per heavy atom. The standard InChI is InChI=1S/C21H27NO3/c1-5-22(13-14-24-4)21(23)18-11-9-17(10-12-18)19-7-6-8-20(15-19)25-16(2)3/h6-12,15-16H,5,13-14H2,1-4H3. The van der Waals surface area contributed by atoms with Gasteiger partial charge in [-0.1, -0.05) is 24.3 Å². The molecule has 2 aromatic rings. The van der Waals surface area contributed by atoms with Gasteiger partial charge in [-0.2, -0.15) is 0 Å². The van der Waals surface area contributed by atoms with Gasteiger partial charge in [-0.25, -0.2) is 0 Å². The molecule has 25 heavy (non-hydrogen) atoms. The number of methoxy groups -OCH3 is 1. The molecule has 0 unspecified atom stereocenters. The van der Waals surface area contributed by atoms with Gasteiger partial charge >= 0.3 is 0 Å². The smallest absolute Gasteiger partial charge is 0.253 e. The van der Waals surface area contributed by atoms with Crippen molar-refractivity contribution < 1.29 is 14.3 Å². The molecule has 0 atom stereocenters. The maximum atomic E-state index is 12.6. The van der Waals surface area contributed by atoms with E-state index in [1.807, 2.05) is 69.3 Å². The third-order valence-corrected chi connectivity index (χ3v) is 3.91. The van der Waals surface area contributed by atoms with E-state index in [1.165, 1.54) is 0 Å². The largest absolute Gasteiger partial charge is 0.491 e. The number of hydrogen-bond acceptors (Lipinski definition) is 3. The number of ether oxygens (including phenoxy) is 2. The summed E-state index contributed by atoms with van der Waals surface area (Å²) in [6.45, 7) is 7.80. The molecule has 0 aliphatic heterocycles. The second kappa shape index (κ2) is 9.23. The van der Waals surface area contributed by atoms with Crippen LogP contribution in [0.15, 0.2) is 48.5 Å². The first-order valence-corrected chi connectivity index (χ1v) is 8.70. The van der Waals surface area contributed by atoms with E-state index in [9.17, 15) is 4.79 Å². The van der Waals surface area contributed by atoms with E-state index in [4.69, 9.17) is 9.47 Å². The Hall–Kier alpha value is -2.33. The molecule has 2 aromatic carbocycles. The molecule has 0 radical (unpaired) electrons. The summed E-state index contributed by atoms with van der Waals surface area (Å²) in [7, 11) is 1.64. The first kappa shape index (κ1) is 19.0. The lowest BCUT2D eigenvalue weighted by molar-refractivity contribution is 0.0706. The van der Waals surface area contributed by atoms with Crippen LogP contribution in [0.4, 0.5) is 0 Å². The van der Waals surface area contributed by atoms with Crippen molar-refractivity contribution in [3.8, 4) is 16.9 Å². The molecular weight excluding hydrogens is 314 g/mol. The zero-order chi connectivity index (χ0) is 18.2. The van der Waals surface area contributed by atoms with Crippen LogP contribution < -0.4 is 4.74 Å². The Morgan fingerprint density at radius 2 is 1.80 bits per heavy atom. The van der Waals surface area contributed by atoms with Crippen LogP contribution >= 0.6 is 0 Å². The van der Waals surface area contributed by atoms with Gasteiger partial charge in [0.2, 0.25) is 0 Å². The number of rotatable bonds is 8. The van der Waals surface area contributed by atoms with Gasteiger partial charge in [0.1, 0.15) is 5.75 Å². The van der Waals surface area contributed by atoms with E-state index in [-0.39, 0.29) is 12.0 Å². The van der Waals surface area contributed by atoms with Crippen LogP contribution in [0.5, 0.6) is 5.75 Å². The maximum Gasteiger partial charge on any atom is 0.253 e. The Balaban J connectivity index is 2.15. The average molecular weight is 341 g/mol. The van der Waals surface area contributed by atoms with E-state index in [0.29, 0.717) is 25.3 Å². The molecule has 4 heteroatoms. The van der Waals surface area contributed by atoms with Gasteiger partial charge in [0, 0.05) is 25.8 Å². The molecule has 0 fully saturated rings. The third kappa shape index (κ3) is 5.33. The van der Waals surface area contributed by atoms with Crippen molar-refractivity contribution in [1.82, 2.24) is 4.90 Å². The minimum absolute atomic E-state index is 0.0305. The van der Waals surface area contributed by atoms with Gasteiger partial charge in [0.15, 0.2) is 0 Å². The maximum absolute atomic E-state index is 12.6. The van der Waals surface area contributed by atoms with Gasteiger partial charge in [-0.3, -0.25) is 4.79 Å². The Morgan fingerprint density at radius 1 is 1.08 bits per heavy atom. The fraction of sp³-hybridized carbons (Fsp3) is 0.381. The fourth-order valence-corrected chi connectivity index (χ4v) is 2.61. The number of hydrogen-bond donors (Lipinski definition) is 0. The lowest BCUT2D eigenvalue weighted by atomic mass is 10.0. The summed E-state index contributed by atoms with van der Waals surface area (Å²) in [5.74, 6) is 0.882. The number of benzene rings is 2. The summed E-state index contributed by atoms with van der Waals surface area (Å²) >= 11 is 0. The van der Waals surface area contributed by atoms with Crippen LogP contribution in [-0.2, 0) is 4.74 Å². The van der Waals surface area contributed by atoms with Gasteiger partial charge in [0.05, 0.1) is 12.7 Å². The average Bonchev–Trinajstić information content (AvgIpc) is 2.62. The third-order valence-electron chi connectivity index (χ3n) is 3.91. The number of carbonyl (C=O) groups is 1. The van der Waals surface area contributed by atoms with Crippen molar-refractivity contribution in [2.45, 2.75) is 26.9 Å². The van der Waals surface area contributed by atoms with E-state index < -0.39 is 0 Å². The molecule has 0 N–H and O–H groups in total. The van der Waals surface area contributed by atoms with Crippen LogP contribution in [0.2, 0.25) is 0 Å². The topological polar surface area (TPSA) is 38.8 Å². The first-order chi connectivity index (χ1) is 12.0. The summed E-state index contributed by atoms with van der Waals surface area (Å²) in [6.07, 6.45) is 0.141. The van der Waals surface area contributed by atoms with Crippen LogP contribution in [0.3, 0.4) is 0 Å². The number of amides is 1. The number of likely N-dealkylation sites (N-methyl/N-ethyl adjacent to an activating group) is 1. The second-order valence-corrected chi connectivity index (χ2v) is 6.15. The predicted octanol–water partition coefficient (Wildman–Crippen LogP) is 4.25. The molecule has 1 amide bonds. The van der Waals surface area contributed by atoms with Crippen LogP contribution in [-0.4, -0.2) is 43.7 Å². The molecule has 0 bridgehead atoms. The minimum Gasteiger partial charge on any atom is -0.491 e. The molecule has 0 spiro atoms. The summed E-state index contributed by atoms with van der Waals surface area (Å²) in [6, 6.07) is 15.7. The van der Waals surface area contributed by atoms with Crippen LogP contribution in [0, 0.1) is 0 Å². The highest BCUT2D eigenvalue weighted by atomic mass is 16.5. The van der Waals surface area contributed by atoms with Gasteiger partial charge < -0.3 is 14.4 Å². The predicted molar refractivity (Wildman–Crippen MR) is 101 cm³/mol. The van der Waals surface area contributed by atoms with Crippen molar-refractivity contribution in [2.24, 2.45) is 0 Å². The summed E-state index contributed by atoms with van der Waals surface area (Å²) < 4.78 is 10.8. The normalized spacial score (nSPS) is 10.8. The minimum atomic E-state index is 0.0305. The summed E-state index contributed by atoms with van der Waals surface area (Å²) in [4.78, 5) is 14.3. The molecule has 0 saturated carbocycles. The Labute approximate surface area is 150 Å². The lowest BCUT2D eigenvalue weighted by Crippen LogP contribution is -2.33. The van der Waals surface area contributed by atoms with E-state index >= 15 is 0 Å². The summed E-state index contributed by atoms with van der Waals surface area (Å²) in [5, 5.41) is 0. The molecular formula is C21H27NO3. The van der Waals surface area contributed by atoms with E-state index in [1.54, 1.807) is 12.0 Å². The molecule has 4 nitrogen and oxygen atoms in total. The highest BCUT2D eigenvalue weighted by Gasteiger charge is 2.13. The molecule has 0 aliphatic carbocycles. The Bertz CT molecular complexity index is 680. The van der Waals surface area contributed by atoms with Crippen LogP contribution in [0.1, 0.15) is 31.1 Å². The van der Waals surface area contributed by atoms with Crippen molar-refractivity contribution in [3.63, 3.8) is 0 Å². The van der Waals surface area contributed by atoms with Crippen molar-refractivity contribution in [1.29, 1.82) is 0 Å². The highest BCUT2D eigenvalue weighted by molar-refractivity contribution is 5.94.